The Labute approximate surface area is 169 Å². The normalized spacial score (nSPS) is 13.2. The number of hydrogen-bond donors (Lipinski definition) is 2. The predicted octanol–water partition coefficient (Wildman–Crippen LogP) is 4.22. The summed E-state index contributed by atoms with van der Waals surface area (Å²) < 4.78 is 5.44. The Bertz CT molecular complexity index is 986. The van der Waals surface area contributed by atoms with Crippen LogP contribution < -0.4 is 5.32 Å². The Morgan fingerprint density at radius 1 is 0.862 bits per heavy atom. The van der Waals surface area contributed by atoms with Crippen LogP contribution >= 0.6 is 0 Å². The van der Waals surface area contributed by atoms with Crippen LogP contribution in [0, 0.1) is 0 Å². The van der Waals surface area contributed by atoms with Crippen molar-refractivity contribution in [2.45, 2.75) is 18.4 Å². The molecule has 3 aromatic rings. The summed E-state index contributed by atoms with van der Waals surface area (Å²) in [7, 11) is 0. The number of ether oxygens (including phenoxy) is 1. The van der Waals surface area contributed by atoms with Crippen LogP contribution in [0.3, 0.4) is 0 Å². The molecule has 0 spiro atoms. The van der Waals surface area contributed by atoms with Crippen LogP contribution in [0.1, 0.15) is 22.6 Å². The maximum atomic E-state index is 12.3. The van der Waals surface area contributed by atoms with E-state index in [1.54, 1.807) is 0 Å². The molecule has 29 heavy (non-hydrogen) atoms. The van der Waals surface area contributed by atoms with E-state index in [1.165, 1.54) is 0 Å². The number of aliphatic carboxylic acids is 1. The number of amides is 1. The molecule has 1 amide bonds. The first-order valence-electron chi connectivity index (χ1n) is 9.51. The number of nitrogens with one attached hydrogen (secondary N) is 1. The van der Waals surface area contributed by atoms with Crippen LogP contribution in [0.25, 0.3) is 11.1 Å². The largest absolute Gasteiger partial charge is 0.480 e. The second-order valence-corrected chi connectivity index (χ2v) is 7.05. The number of carboxylic acid groups (broad SMARTS) is 1. The predicted molar refractivity (Wildman–Crippen MR) is 110 cm³/mol. The van der Waals surface area contributed by atoms with Crippen molar-refractivity contribution < 1.29 is 19.4 Å². The van der Waals surface area contributed by atoms with Crippen molar-refractivity contribution in [3.63, 3.8) is 0 Å². The van der Waals surface area contributed by atoms with Gasteiger partial charge in [-0.3, -0.25) is 0 Å². The molecule has 5 nitrogen and oxygen atoms in total. The lowest BCUT2D eigenvalue weighted by Crippen LogP contribution is -2.42. The molecular weight excluding hydrogens is 376 g/mol. The SMILES string of the molecule is O=C([15NH][13C@@H]([13CH2][13c]1[13cH][13cH][13cH][13cH][13cH]1)[13C](=O)O)OCC1c2ccccc2-c2ccccc21. The third-order valence-electron chi connectivity index (χ3n) is 5.22. The number of carbonyl (C=O) groups is 2. The topological polar surface area (TPSA) is 75.6 Å². The van der Waals surface area contributed by atoms with Gasteiger partial charge in [0.05, 0.1) is 0 Å². The van der Waals surface area contributed by atoms with Crippen LogP contribution in [0.4, 0.5) is 4.79 Å². The van der Waals surface area contributed by atoms with Crippen molar-refractivity contribution in [1.82, 2.24) is 5.32 Å². The summed E-state index contributed by atoms with van der Waals surface area (Å²) in [6.07, 6.45) is -0.532. The van der Waals surface area contributed by atoms with E-state index in [4.69, 9.17) is 4.74 Å². The summed E-state index contributed by atoms with van der Waals surface area (Å²) in [5.74, 6) is -1.16. The number of carboxylic acids is 1. The van der Waals surface area contributed by atoms with E-state index in [0.717, 1.165) is 27.8 Å². The van der Waals surface area contributed by atoms with Gasteiger partial charge in [0.1, 0.15) is 12.6 Å². The van der Waals surface area contributed by atoms with Crippen LogP contribution in [-0.4, -0.2) is 29.8 Å². The molecule has 1 aliphatic carbocycles. The minimum atomic E-state index is -1.10. The molecule has 146 valence electrons. The van der Waals surface area contributed by atoms with Gasteiger partial charge in [0.2, 0.25) is 0 Å². The number of alkyl carbamates (subject to hydrolysis) is 1. The van der Waals surface area contributed by atoms with E-state index >= 15 is 0 Å². The Kier molecular flexibility index (Phi) is 5.29. The van der Waals surface area contributed by atoms with Gasteiger partial charge in [0.15, 0.2) is 0 Å². The van der Waals surface area contributed by atoms with Gasteiger partial charge in [-0.2, -0.15) is 0 Å². The molecule has 0 heterocycles. The van der Waals surface area contributed by atoms with Gasteiger partial charge in [-0.25, -0.2) is 9.59 Å². The van der Waals surface area contributed by atoms with Crippen LogP contribution in [0.5, 0.6) is 0 Å². The molecule has 0 radical (unpaired) electrons. The summed E-state index contributed by atoms with van der Waals surface area (Å²) in [4.78, 5) is 23.9. The summed E-state index contributed by atoms with van der Waals surface area (Å²) >= 11 is 0. The van der Waals surface area contributed by atoms with Gasteiger partial charge in [-0.1, -0.05) is 78.9 Å². The molecule has 0 fully saturated rings. The highest BCUT2D eigenvalue weighted by molar-refractivity contribution is 5.81. The van der Waals surface area contributed by atoms with Crippen molar-refractivity contribution >= 4 is 12.1 Å². The fraction of sp³-hybridized carbons (Fsp3) is 0.167. The molecule has 0 saturated carbocycles. The second-order valence-electron chi connectivity index (χ2n) is 7.05. The Morgan fingerprint density at radius 2 is 1.41 bits per heavy atom. The maximum absolute atomic E-state index is 12.3. The van der Waals surface area contributed by atoms with E-state index < -0.39 is 18.1 Å². The molecule has 0 bridgehead atoms. The average Bonchev–Trinajstić information content (AvgIpc) is 3.06. The minimum absolute atomic E-state index is 0.0643. The van der Waals surface area contributed by atoms with Crippen molar-refractivity contribution in [3.05, 3.63) is 95.6 Å². The molecule has 4 rings (SSSR count). The molecule has 0 aromatic heterocycles. The molecular formula is C24H21NO4. The molecule has 3 aromatic carbocycles. The number of carbonyl (C=O) groups excluding carboxylic acids is 1. The highest BCUT2D eigenvalue weighted by atomic mass is 16.6. The minimum Gasteiger partial charge on any atom is -0.480 e. The molecule has 1 atom stereocenters. The van der Waals surface area contributed by atoms with Gasteiger partial charge < -0.3 is 15.2 Å². The lowest BCUT2D eigenvalue weighted by atomic mass is 9.98. The van der Waals surface area contributed by atoms with E-state index in [2.05, 4.69) is 17.4 Å². The first kappa shape index (κ1) is 18.7. The van der Waals surface area contributed by atoms with E-state index in [9.17, 15) is 14.7 Å². The third-order valence-corrected chi connectivity index (χ3v) is 5.22. The smallest absolute Gasteiger partial charge is 0.407 e. The van der Waals surface area contributed by atoms with E-state index in [-0.39, 0.29) is 18.9 Å². The standard InChI is InChI=1S/C24H21NO4/c26-23(27)22(14-16-8-2-1-3-9-16)25-24(28)29-15-21-19-12-6-4-10-17(19)18-11-5-7-13-20(18)21/h1-13,21-22H,14-15H2,(H,25,28)(H,26,27)/t22-/m0/s1/i1+1,2+1,3+1,8+1,9+1,14+1,16+1,22+1,23+1,25+1. The Hall–Kier alpha value is -3.60. The lowest BCUT2D eigenvalue weighted by Gasteiger charge is -2.17. The molecule has 0 saturated heterocycles. The first-order valence-corrected chi connectivity index (χ1v) is 9.51. The van der Waals surface area contributed by atoms with Gasteiger partial charge in [-0.05, 0) is 27.8 Å². The summed E-state index contributed by atoms with van der Waals surface area (Å²) in [5.41, 5.74) is 5.34. The van der Waals surface area contributed by atoms with Gasteiger partial charge in [0, 0.05) is 12.3 Å². The maximum Gasteiger partial charge on any atom is 0.407 e. The summed E-state index contributed by atoms with van der Waals surface area (Å²) in [6, 6.07) is 24.3. The van der Waals surface area contributed by atoms with Crippen LogP contribution in [0.2, 0.25) is 0 Å². The summed E-state index contributed by atoms with van der Waals surface area (Å²) in [5, 5.41) is 11.9. The third kappa shape index (κ3) is 3.99. The van der Waals surface area contributed by atoms with Crippen LogP contribution in [0.15, 0.2) is 78.9 Å². The second kappa shape index (κ2) is 8.19. The van der Waals surface area contributed by atoms with Crippen molar-refractivity contribution in [2.75, 3.05) is 6.61 Å². The van der Waals surface area contributed by atoms with Crippen molar-refractivity contribution in [2.24, 2.45) is 0 Å². The van der Waals surface area contributed by atoms with E-state index in [0.29, 0.717) is 0 Å². The number of hydrogen-bond acceptors (Lipinski definition) is 3. The Morgan fingerprint density at radius 3 is 2.00 bits per heavy atom. The Balaban J connectivity index is 1.43. The zero-order valence-corrected chi connectivity index (χ0v) is 15.7. The molecule has 0 unspecified atom stereocenters. The molecule has 1 aliphatic rings. The van der Waals surface area contributed by atoms with Crippen molar-refractivity contribution in [1.29, 1.82) is 0 Å². The highest BCUT2D eigenvalue weighted by Crippen LogP contribution is 2.44. The zero-order chi connectivity index (χ0) is 20.2. The van der Waals surface area contributed by atoms with Gasteiger partial charge in [0.25, 0.3) is 0 Å². The first-order chi connectivity index (χ1) is 14.1. The fourth-order valence-electron chi connectivity index (χ4n) is 3.83. The van der Waals surface area contributed by atoms with Crippen LogP contribution in [-0.2, 0) is 16.0 Å². The zero-order valence-electron chi connectivity index (χ0n) is 15.7. The molecule has 0 aliphatic heterocycles. The average molecular weight is 397 g/mol. The lowest BCUT2D eigenvalue weighted by molar-refractivity contribution is -0.139. The quantitative estimate of drug-likeness (QED) is 0.482. The highest BCUT2D eigenvalue weighted by Gasteiger charge is 2.29. The monoisotopic (exact) mass is 397 g/mol. The fourth-order valence-corrected chi connectivity index (χ4v) is 3.83. The molecule has 2 N–H and O–H groups in total. The molecule has 5 heteroatoms. The number of fused-ring (bicyclic) bond motifs is 3. The summed E-state index contributed by atoms with van der Waals surface area (Å²) in [6.45, 7) is 0.150. The van der Waals surface area contributed by atoms with Crippen molar-refractivity contribution in [3.8, 4) is 11.1 Å². The number of rotatable bonds is 6. The van der Waals surface area contributed by atoms with Gasteiger partial charge >= 0.3 is 12.1 Å². The van der Waals surface area contributed by atoms with E-state index in [1.807, 2.05) is 66.7 Å². The number of benzene rings is 3. The van der Waals surface area contributed by atoms with Gasteiger partial charge in [-0.15, -0.1) is 0 Å².